The van der Waals surface area contributed by atoms with Crippen LogP contribution in [0.5, 0.6) is 0 Å². The topological polar surface area (TPSA) is 149 Å². The summed E-state index contributed by atoms with van der Waals surface area (Å²) in [7, 11) is 0. The standard InChI is InChI=1S/C12H22O4.C5H8O4/c13-11(14)9-7-5-3-1-2-4-6-8-10-12(15)16;6-4(7)2-1-3-5(8)9/h1-10H2,(H,13,14)(H,15,16);1-3H2,(H,6,7)(H,8,9). The number of hydrogen-bond donors (Lipinski definition) is 4. The minimum absolute atomic E-state index is 0.0632. The molecule has 8 heteroatoms. The number of aliphatic carboxylic acids is 4. The zero-order valence-corrected chi connectivity index (χ0v) is 14.6. The second kappa shape index (κ2) is 18.2. The Labute approximate surface area is 147 Å². The third kappa shape index (κ3) is 30.3. The molecule has 0 saturated carbocycles. The average Bonchev–Trinajstić information content (AvgIpc) is 2.48. The lowest BCUT2D eigenvalue weighted by Crippen LogP contribution is -1.98. The van der Waals surface area contributed by atoms with Gasteiger partial charge in [-0.1, -0.05) is 38.5 Å². The van der Waals surface area contributed by atoms with Gasteiger partial charge in [0, 0.05) is 25.7 Å². The van der Waals surface area contributed by atoms with Gasteiger partial charge in [-0.15, -0.1) is 0 Å². The molecule has 0 aliphatic rings. The maximum absolute atomic E-state index is 10.2. The van der Waals surface area contributed by atoms with Gasteiger partial charge in [0.25, 0.3) is 0 Å². The summed E-state index contributed by atoms with van der Waals surface area (Å²) >= 11 is 0. The Bertz CT molecular complexity index is 356. The molecular weight excluding hydrogens is 332 g/mol. The largest absolute Gasteiger partial charge is 0.481 e. The molecule has 0 aliphatic heterocycles. The molecule has 0 amide bonds. The van der Waals surface area contributed by atoms with Crippen molar-refractivity contribution >= 4 is 23.9 Å². The third-order valence-electron chi connectivity index (χ3n) is 3.31. The predicted molar refractivity (Wildman–Crippen MR) is 90.6 cm³/mol. The summed E-state index contributed by atoms with van der Waals surface area (Å²) in [6, 6.07) is 0. The number of carboxylic acid groups (broad SMARTS) is 4. The minimum Gasteiger partial charge on any atom is -0.481 e. The summed E-state index contributed by atoms with van der Waals surface area (Å²) < 4.78 is 0. The number of hydrogen-bond acceptors (Lipinski definition) is 4. The first-order valence-electron chi connectivity index (χ1n) is 8.63. The molecule has 0 aromatic rings. The maximum Gasteiger partial charge on any atom is 0.303 e. The van der Waals surface area contributed by atoms with Crippen molar-refractivity contribution in [1.82, 2.24) is 0 Å². The number of rotatable bonds is 15. The van der Waals surface area contributed by atoms with Gasteiger partial charge in [0.15, 0.2) is 0 Å². The van der Waals surface area contributed by atoms with Crippen molar-refractivity contribution in [2.45, 2.75) is 83.5 Å². The second-order valence-electron chi connectivity index (χ2n) is 5.76. The second-order valence-corrected chi connectivity index (χ2v) is 5.76. The fourth-order valence-corrected chi connectivity index (χ4v) is 2.00. The van der Waals surface area contributed by atoms with E-state index < -0.39 is 23.9 Å². The van der Waals surface area contributed by atoms with Crippen LogP contribution >= 0.6 is 0 Å². The molecule has 0 bridgehead atoms. The van der Waals surface area contributed by atoms with Crippen molar-refractivity contribution in [2.75, 3.05) is 0 Å². The van der Waals surface area contributed by atoms with E-state index in [4.69, 9.17) is 20.4 Å². The molecule has 0 spiro atoms. The van der Waals surface area contributed by atoms with Crippen LogP contribution in [0.3, 0.4) is 0 Å². The molecular formula is C17H30O8. The Morgan fingerprint density at radius 2 is 0.560 bits per heavy atom. The van der Waals surface area contributed by atoms with Crippen LogP contribution in [0.2, 0.25) is 0 Å². The smallest absolute Gasteiger partial charge is 0.303 e. The molecule has 0 saturated heterocycles. The molecule has 0 rings (SSSR count). The van der Waals surface area contributed by atoms with E-state index in [1.807, 2.05) is 0 Å². The normalized spacial score (nSPS) is 9.76. The lowest BCUT2D eigenvalue weighted by Gasteiger charge is -2.00. The van der Waals surface area contributed by atoms with E-state index in [2.05, 4.69) is 0 Å². The van der Waals surface area contributed by atoms with Gasteiger partial charge in [-0.25, -0.2) is 0 Å². The lowest BCUT2D eigenvalue weighted by atomic mass is 10.1. The van der Waals surface area contributed by atoms with Crippen molar-refractivity contribution in [3.8, 4) is 0 Å². The van der Waals surface area contributed by atoms with Crippen LogP contribution in [0, 0.1) is 0 Å². The molecule has 0 radical (unpaired) electrons. The van der Waals surface area contributed by atoms with E-state index in [-0.39, 0.29) is 32.1 Å². The van der Waals surface area contributed by atoms with Crippen LogP contribution in [-0.4, -0.2) is 44.3 Å². The quantitative estimate of drug-likeness (QED) is 0.324. The number of unbranched alkanes of at least 4 members (excludes halogenated alkanes) is 7. The molecule has 25 heavy (non-hydrogen) atoms. The first-order chi connectivity index (χ1) is 11.8. The summed E-state index contributed by atoms with van der Waals surface area (Å²) in [5.41, 5.74) is 0. The highest BCUT2D eigenvalue weighted by molar-refractivity contribution is 5.70. The Kier molecular flexibility index (Phi) is 18.3. The number of carbonyl (C=O) groups is 4. The number of carboxylic acids is 4. The molecule has 0 heterocycles. The van der Waals surface area contributed by atoms with E-state index in [0.29, 0.717) is 0 Å². The molecule has 4 N–H and O–H groups in total. The van der Waals surface area contributed by atoms with Gasteiger partial charge in [0.1, 0.15) is 0 Å². The van der Waals surface area contributed by atoms with Crippen molar-refractivity contribution in [2.24, 2.45) is 0 Å². The minimum atomic E-state index is -0.948. The third-order valence-corrected chi connectivity index (χ3v) is 3.31. The Morgan fingerprint density at radius 3 is 0.800 bits per heavy atom. The average molecular weight is 362 g/mol. The SMILES string of the molecule is O=C(O)CCCC(=O)O.O=C(O)CCCCCCCCCCC(=O)O. The highest BCUT2D eigenvalue weighted by Crippen LogP contribution is 2.10. The van der Waals surface area contributed by atoms with Crippen LogP contribution < -0.4 is 0 Å². The Balaban J connectivity index is 0. The lowest BCUT2D eigenvalue weighted by molar-refractivity contribution is -0.139. The van der Waals surface area contributed by atoms with Gasteiger partial charge in [-0.05, 0) is 19.3 Å². The molecule has 8 nitrogen and oxygen atoms in total. The fraction of sp³-hybridized carbons (Fsp3) is 0.765. The summed E-state index contributed by atoms with van der Waals surface area (Å²) in [5, 5.41) is 32.9. The van der Waals surface area contributed by atoms with E-state index in [1.54, 1.807) is 0 Å². The van der Waals surface area contributed by atoms with Crippen molar-refractivity contribution < 1.29 is 39.6 Å². The van der Waals surface area contributed by atoms with E-state index in [1.165, 1.54) is 0 Å². The van der Waals surface area contributed by atoms with Crippen LogP contribution in [-0.2, 0) is 19.2 Å². The summed E-state index contributed by atoms with van der Waals surface area (Å²) in [6.07, 6.45) is 8.60. The molecule has 0 fully saturated rings. The molecule has 0 atom stereocenters. The fourth-order valence-electron chi connectivity index (χ4n) is 2.00. The van der Waals surface area contributed by atoms with Crippen LogP contribution in [0.25, 0.3) is 0 Å². The molecule has 0 aromatic heterocycles. The summed E-state index contributed by atoms with van der Waals surface area (Å²) in [5.74, 6) is -3.32. The molecule has 0 aliphatic carbocycles. The summed E-state index contributed by atoms with van der Waals surface area (Å²) in [6.45, 7) is 0. The zero-order chi connectivity index (χ0) is 19.5. The van der Waals surface area contributed by atoms with Crippen molar-refractivity contribution in [3.05, 3.63) is 0 Å². The van der Waals surface area contributed by atoms with Crippen molar-refractivity contribution in [1.29, 1.82) is 0 Å². The van der Waals surface area contributed by atoms with Crippen molar-refractivity contribution in [3.63, 3.8) is 0 Å². The van der Waals surface area contributed by atoms with E-state index in [9.17, 15) is 19.2 Å². The highest BCUT2D eigenvalue weighted by Gasteiger charge is 2.00. The maximum atomic E-state index is 10.2. The Hall–Kier alpha value is -2.12. The monoisotopic (exact) mass is 362 g/mol. The van der Waals surface area contributed by atoms with Gasteiger partial charge in [0.2, 0.25) is 0 Å². The van der Waals surface area contributed by atoms with Gasteiger partial charge < -0.3 is 20.4 Å². The molecule has 0 unspecified atom stereocenters. The van der Waals surface area contributed by atoms with E-state index in [0.717, 1.165) is 51.4 Å². The molecule has 146 valence electrons. The van der Waals surface area contributed by atoms with Gasteiger partial charge >= 0.3 is 23.9 Å². The first kappa shape index (κ1) is 25.1. The molecule has 0 aromatic carbocycles. The Morgan fingerprint density at radius 1 is 0.360 bits per heavy atom. The van der Waals surface area contributed by atoms with Gasteiger partial charge in [-0.2, -0.15) is 0 Å². The van der Waals surface area contributed by atoms with Crippen LogP contribution in [0.15, 0.2) is 0 Å². The summed E-state index contributed by atoms with van der Waals surface area (Å²) in [4.78, 5) is 40.0. The van der Waals surface area contributed by atoms with Gasteiger partial charge in [-0.3, -0.25) is 19.2 Å². The van der Waals surface area contributed by atoms with Crippen LogP contribution in [0.4, 0.5) is 0 Å². The highest BCUT2D eigenvalue weighted by atomic mass is 16.4. The first-order valence-corrected chi connectivity index (χ1v) is 8.63. The van der Waals surface area contributed by atoms with Crippen LogP contribution in [0.1, 0.15) is 83.5 Å². The predicted octanol–water partition coefficient (Wildman–Crippen LogP) is 3.38. The van der Waals surface area contributed by atoms with E-state index >= 15 is 0 Å². The zero-order valence-electron chi connectivity index (χ0n) is 14.6. The van der Waals surface area contributed by atoms with Gasteiger partial charge in [0.05, 0.1) is 0 Å².